The first kappa shape index (κ1) is 18.0. The lowest BCUT2D eigenvalue weighted by molar-refractivity contribution is -0.122. The van der Waals surface area contributed by atoms with E-state index in [0.29, 0.717) is 20.6 Å². The predicted octanol–water partition coefficient (Wildman–Crippen LogP) is 3.65. The summed E-state index contributed by atoms with van der Waals surface area (Å²) in [4.78, 5) is 31.6. The monoisotopic (exact) mass is 417 g/mol. The SMILES string of the molecule is Cc1cccn2c(=O)c(/C=C3/SC(=S)N(Cc4ccco4)C3=O)c(Cl)nc12. The van der Waals surface area contributed by atoms with E-state index < -0.39 is 0 Å². The number of hydrogen-bond acceptors (Lipinski definition) is 6. The summed E-state index contributed by atoms with van der Waals surface area (Å²) in [5, 5.41) is 0.0469. The Morgan fingerprint density at radius 1 is 1.33 bits per heavy atom. The van der Waals surface area contributed by atoms with Crippen molar-refractivity contribution in [2.24, 2.45) is 0 Å². The second-order valence-electron chi connectivity index (χ2n) is 5.85. The van der Waals surface area contributed by atoms with Crippen LogP contribution in [0.3, 0.4) is 0 Å². The minimum atomic E-state index is -0.343. The molecule has 3 aromatic rings. The van der Waals surface area contributed by atoms with Crippen molar-refractivity contribution >= 4 is 57.5 Å². The third kappa shape index (κ3) is 3.20. The first-order valence-electron chi connectivity index (χ1n) is 7.91. The average molecular weight is 418 g/mol. The molecule has 1 saturated heterocycles. The molecule has 0 spiro atoms. The highest BCUT2D eigenvalue weighted by Gasteiger charge is 2.33. The van der Waals surface area contributed by atoms with Crippen LogP contribution in [-0.4, -0.2) is 24.5 Å². The Kier molecular flexibility index (Phi) is 4.63. The molecule has 9 heteroatoms. The van der Waals surface area contributed by atoms with Crippen molar-refractivity contribution in [1.82, 2.24) is 14.3 Å². The summed E-state index contributed by atoms with van der Waals surface area (Å²) in [6, 6.07) is 7.11. The number of carbonyl (C=O) groups is 1. The minimum absolute atomic E-state index is 0.0469. The lowest BCUT2D eigenvalue weighted by Crippen LogP contribution is -2.27. The van der Waals surface area contributed by atoms with Crippen LogP contribution in [-0.2, 0) is 11.3 Å². The van der Waals surface area contributed by atoms with Gasteiger partial charge in [0.05, 0.1) is 23.3 Å². The van der Waals surface area contributed by atoms with Gasteiger partial charge in [0.15, 0.2) is 0 Å². The van der Waals surface area contributed by atoms with Crippen molar-refractivity contribution in [1.29, 1.82) is 0 Å². The number of pyridine rings is 1. The quantitative estimate of drug-likeness (QED) is 0.368. The second kappa shape index (κ2) is 6.95. The number of rotatable bonds is 3. The van der Waals surface area contributed by atoms with Gasteiger partial charge in [0.2, 0.25) is 0 Å². The molecule has 0 N–H and O–H groups in total. The topological polar surface area (TPSA) is 67.8 Å². The fraction of sp³-hybridized carbons (Fsp3) is 0.111. The molecule has 4 heterocycles. The number of amides is 1. The third-order valence-electron chi connectivity index (χ3n) is 4.08. The van der Waals surface area contributed by atoms with Crippen molar-refractivity contribution < 1.29 is 9.21 Å². The molecule has 0 atom stereocenters. The summed E-state index contributed by atoms with van der Waals surface area (Å²) >= 11 is 12.7. The van der Waals surface area contributed by atoms with Gasteiger partial charge in [0.1, 0.15) is 20.9 Å². The molecule has 0 radical (unpaired) electrons. The lowest BCUT2D eigenvalue weighted by Gasteiger charge is -2.12. The smallest absolute Gasteiger partial charge is 0.266 e. The fourth-order valence-corrected chi connectivity index (χ4v) is 4.19. The second-order valence-corrected chi connectivity index (χ2v) is 7.89. The largest absolute Gasteiger partial charge is 0.467 e. The van der Waals surface area contributed by atoms with Crippen LogP contribution in [0.25, 0.3) is 11.7 Å². The van der Waals surface area contributed by atoms with Crippen LogP contribution in [0.5, 0.6) is 0 Å². The van der Waals surface area contributed by atoms with E-state index in [4.69, 9.17) is 28.2 Å². The zero-order valence-electron chi connectivity index (χ0n) is 14.0. The number of nitrogens with zero attached hydrogens (tertiary/aromatic N) is 3. The minimum Gasteiger partial charge on any atom is -0.467 e. The molecule has 0 saturated carbocycles. The van der Waals surface area contributed by atoms with E-state index in [1.165, 1.54) is 21.6 Å². The standard InChI is InChI=1S/C18H12ClN3O3S2/c1-10-4-2-6-21-15(10)20-14(19)12(16(21)23)8-13-17(24)22(18(26)27-13)9-11-5-3-7-25-11/h2-8H,9H2,1H3/b13-8+. The van der Waals surface area contributed by atoms with Gasteiger partial charge in [-0.3, -0.25) is 18.9 Å². The van der Waals surface area contributed by atoms with Crippen LogP contribution >= 0.6 is 35.6 Å². The highest BCUT2D eigenvalue weighted by molar-refractivity contribution is 8.26. The van der Waals surface area contributed by atoms with Crippen molar-refractivity contribution in [3.05, 3.63) is 74.0 Å². The van der Waals surface area contributed by atoms with Crippen LogP contribution in [0, 0.1) is 6.92 Å². The maximum Gasteiger partial charge on any atom is 0.266 e. The molecule has 1 aliphatic rings. The van der Waals surface area contributed by atoms with Crippen LogP contribution in [0.2, 0.25) is 5.15 Å². The highest BCUT2D eigenvalue weighted by atomic mass is 35.5. The zero-order valence-corrected chi connectivity index (χ0v) is 16.4. The lowest BCUT2D eigenvalue weighted by atomic mass is 10.2. The molecule has 0 unspecified atom stereocenters. The van der Waals surface area contributed by atoms with Crippen LogP contribution in [0.4, 0.5) is 0 Å². The van der Waals surface area contributed by atoms with Gasteiger partial charge in [-0.1, -0.05) is 41.6 Å². The number of furan rings is 1. The van der Waals surface area contributed by atoms with Crippen molar-refractivity contribution in [3.8, 4) is 0 Å². The van der Waals surface area contributed by atoms with Crippen molar-refractivity contribution in [2.45, 2.75) is 13.5 Å². The molecular weight excluding hydrogens is 406 g/mol. The van der Waals surface area contributed by atoms with Crippen molar-refractivity contribution in [2.75, 3.05) is 0 Å². The molecule has 0 aliphatic carbocycles. The summed E-state index contributed by atoms with van der Waals surface area (Å²) in [6.07, 6.45) is 4.60. The number of thioether (sulfide) groups is 1. The van der Waals surface area contributed by atoms with Gasteiger partial charge in [0, 0.05) is 6.20 Å². The Balaban J connectivity index is 1.75. The number of carbonyl (C=O) groups excluding carboxylic acids is 1. The molecule has 1 amide bonds. The maximum absolute atomic E-state index is 12.8. The Morgan fingerprint density at radius 3 is 2.89 bits per heavy atom. The number of aryl methyl sites for hydroxylation is 1. The van der Waals surface area contributed by atoms with E-state index >= 15 is 0 Å². The number of halogens is 1. The molecule has 1 fully saturated rings. The number of thiocarbonyl (C=S) groups is 1. The van der Waals surface area contributed by atoms with E-state index in [1.54, 1.807) is 24.4 Å². The van der Waals surface area contributed by atoms with Gasteiger partial charge < -0.3 is 4.42 Å². The summed E-state index contributed by atoms with van der Waals surface area (Å²) in [6.45, 7) is 2.08. The van der Waals surface area contributed by atoms with Gasteiger partial charge in [0.25, 0.3) is 11.5 Å². The summed E-state index contributed by atoms with van der Waals surface area (Å²) in [7, 11) is 0. The first-order chi connectivity index (χ1) is 13.0. The van der Waals surface area contributed by atoms with E-state index in [9.17, 15) is 9.59 Å². The first-order valence-corrected chi connectivity index (χ1v) is 9.51. The fourth-order valence-electron chi connectivity index (χ4n) is 2.73. The molecular formula is C18H12ClN3O3S2. The van der Waals surface area contributed by atoms with Gasteiger partial charge in [-0.25, -0.2) is 4.98 Å². The summed E-state index contributed by atoms with van der Waals surface area (Å²) in [5.41, 5.74) is 1.12. The van der Waals surface area contributed by atoms with E-state index in [0.717, 1.165) is 17.3 Å². The average Bonchev–Trinajstić information content (AvgIpc) is 3.24. The van der Waals surface area contributed by atoms with Gasteiger partial charge in [-0.2, -0.15) is 0 Å². The van der Waals surface area contributed by atoms with Crippen molar-refractivity contribution in [3.63, 3.8) is 0 Å². The highest BCUT2D eigenvalue weighted by Crippen LogP contribution is 2.34. The normalized spacial score (nSPS) is 16.1. The Morgan fingerprint density at radius 2 is 2.15 bits per heavy atom. The molecule has 0 bridgehead atoms. The maximum atomic E-state index is 12.8. The summed E-state index contributed by atoms with van der Waals surface area (Å²) < 4.78 is 7.08. The third-order valence-corrected chi connectivity index (χ3v) is 5.75. The number of fused-ring (bicyclic) bond motifs is 1. The van der Waals surface area contributed by atoms with Crippen LogP contribution in [0.15, 0.2) is 50.8 Å². The molecule has 1 aliphatic heterocycles. The molecule has 4 rings (SSSR count). The Hall–Kier alpha value is -2.42. The molecule has 0 aromatic carbocycles. The van der Waals surface area contributed by atoms with Gasteiger partial charge in [-0.15, -0.1) is 0 Å². The Bertz CT molecular complexity index is 1170. The van der Waals surface area contributed by atoms with Crippen LogP contribution in [0.1, 0.15) is 16.9 Å². The number of aromatic nitrogens is 2. The van der Waals surface area contributed by atoms with E-state index in [1.807, 2.05) is 13.0 Å². The Labute approximate surface area is 168 Å². The van der Waals surface area contributed by atoms with Gasteiger partial charge >= 0.3 is 0 Å². The molecule has 6 nitrogen and oxygen atoms in total. The number of hydrogen-bond donors (Lipinski definition) is 0. The molecule has 136 valence electrons. The zero-order chi connectivity index (χ0) is 19.1. The van der Waals surface area contributed by atoms with E-state index in [-0.39, 0.29) is 28.7 Å². The molecule has 27 heavy (non-hydrogen) atoms. The van der Waals surface area contributed by atoms with E-state index in [2.05, 4.69) is 4.98 Å². The summed E-state index contributed by atoms with van der Waals surface area (Å²) in [5.74, 6) is 0.319. The van der Waals surface area contributed by atoms with Crippen LogP contribution < -0.4 is 5.56 Å². The van der Waals surface area contributed by atoms with Gasteiger partial charge in [-0.05, 0) is 36.8 Å². The molecule has 3 aromatic heterocycles. The predicted molar refractivity (Wildman–Crippen MR) is 109 cm³/mol.